The van der Waals surface area contributed by atoms with Gasteiger partial charge in [0.1, 0.15) is 0 Å². The number of rotatable bonds is 3. The van der Waals surface area contributed by atoms with Gasteiger partial charge in [-0.1, -0.05) is 0 Å². The third-order valence-corrected chi connectivity index (χ3v) is 2.36. The maximum absolute atomic E-state index is 10.8. The van der Waals surface area contributed by atoms with Crippen LogP contribution in [0.15, 0.2) is 0 Å². The molecule has 0 bridgehead atoms. The topological polar surface area (TPSA) is 26.3 Å². The molecule has 10 heavy (non-hydrogen) atoms. The van der Waals surface area contributed by atoms with Crippen molar-refractivity contribution < 1.29 is 9.53 Å². The van der Waals surface area contributed by atoms with Crippen LogP contribution in [0.3, 0.4) is 0 Å². The molecule has 0 saturated carbocycles. The van der Waals surface area contributed by atoms with E-state index in [0.29, 0.717) is 0 Å². The van der Waals surface area contributed by atoms with E-state index in [-0.39, 0.29) is 11.3 Å². The Morgan fingerprint density at radius 2 is 2.00 bits per heavy atom. The number of hydrogen-bond donors (Lipinski definition) is 0. The second-order valence-electron chi connectivity index (χ2n) is 2.87. The standard InChI is InChI=1S/C7H13ClO2/c1-5(10-4)7(2,3)6(8)9/h5H,1-4H3. The van der Waals surface area contributed by atoms with Gasteiger partial charge in [0.15, 0.2) is 0 Å². The number of ether oxygens (including phenoxy) is 1. The van der Waals surface area contributed by atoms with Crippen LogP contribution in [0.1, 0.15) is 20.8 Å². The smallest absolute Gasteiger partial charge is 0.229 e. The molecule has 0 aliphatic carbocycles. The van der Waals surface area contributed by atoms with Crippen LogP contribution >= 0.6 is 11.6 Å². The fraction of sp³-hybridized carbons (Fsp3) is 0.857. The molecule has 3 heteroatoms. The Labute approximate surface area is 66.5 Å². The molecule has 0 radical (unpaired) electrons. The molecule has 0 aromatic carbocycles. The Morgan fingerprint density at radius 3 is 2.10 bits per heavy atom. The van der Waals surface area contributed by atoms with Crippen LogP contribution in [0.25, 0.3) is 0 Å². The number of hydrogen-bond acceptors (Lipinski definition) is 2. The molecule has 0 spiro atoms. The van der Waals surface area contributed by atoms with Crippen molar-refractivity contribution in [2.24, 2.45) is 5.41 Å². The molecule has 1 atom stereocenters. The van der Waals surface area contributed by atoms with Crippen molar-refractivity contribution in [2.75, 3.05) is 7.11 Å². The maximum atomic E-state index is 10.8. The van der Waals surface area contributed by atoms with Gasteiger partial charge in [0.05, 0.1) is 11.5 Å². The quantitative estimate of drug-likeness (QED) is 0.595. The Hall–Kier alpha value is -0.0800. The maximum Gasteiger partial charge on any atom is 0.229 e. The van der Waals surface area contributed by atoms with Crippen molar-refractivity contribution in [1.29, 1.82) is 0 Å². The summed E-state index contributed by atoms with van der Waals surface area (Å²) in [6, 6.07) is 0. The summed E-state index contributed by atoms with van der Waals surface area (Å²) in [5, 5.41) is -0.359. The average Bonchev–Trinajstić information content (AvgIpc) is 1.86. The van der Waals surface area contributed by atoms with Crippen LogP contribution in [0, 0.1) is 5.41 Å². The van der Waals surface area contributed by atoms with Crippen LogP contribution in [-0.2, 0) is 9.53 Å². The predicted octanol–water partition coefficient (Wildman–Crippen LogP) is 1.81. The Bertz CT molecular complexity index is 132. The first kappa shape index (κ1) is 9.92. The van der Waals surface area contributed by atoms with Crippen molar-refractivity contribution in [1.82, 2.24) is 0 Å². The van der Waals surface area contributed by atoms with Crippen LogP contribution < -0.4 is 0 Å². The molecule has 0 amide bonds. The van der Waals surface area contributed by atoms with E-state index in [1.807, 2.05) is 6.92 Å². The molecule has 1 unspecified atom stereocenters. The van der Waals surface area contributed by atoms with Gasteiger partial charge in [0, 0.05) is 7.11 Å². The molecular weight excluding hydrogens is 152 g/mol. The van der Waals surface area contributed by atoms with Crippen molar-refractivity contribution in [3.63, 3.8) is 0 Å². The predicted molar refractivity (Wildman–Crippen MR) is 41.1 cm³/mol. The molecule has 0 aliphatic rings. The van der Waals surface area contributed by atoms with Crippen molar-refractivity contribution >= 4 is 16.8 Å². The van der Waals surface area contributed by atoms with E-state index in [1.165, 1.54) is 0 Å². The summed E-state index contributed by atoms with van der Waals surface area (Å²) in [7, 11) is 1.56. The van der Waals surface area contributed by atoms with Gasteiger partial charge in [0.2, 0.25) is 5.24 Å². The largest absolute Gasteiger partial charge is 0.381 e. The highest BCUT2D eigenvalue weighted by molar-refractivity contribution is 6.64. The summed E-state index contributed by atoms with van der Waals surface area (Å²) >= 11 is 5.32. The Kier molecular flexibility index (Phi) is 3.33. The molecule has 0 aromatic rings. The molecule has 0 fully saturated rings. The monoisotopic (exact) mass is 164 g/mol. The first-order valence-electron chi connectivity index (χ1n) is 3.15. The highest BCUT2D eigenvalue weighted by Crippen LogP contribution is 2.25. The summed E-state index contributed by atoms with van der Waals surface area (Å²) in [6.45, 7) is 5.34. The van der Waals surface area contributed by atoms with Gasteiger partial charge in [-0.2, -0.15) is 0 Å². The van der Waals surface area contributed by atoms with E-state index >= 15 is 0 Å². The lowest BCUT2D eigenvalue weighted by Crippen LogP contribution is -2.33. The van der Waals surface area contributed by atoms with Crippen molar-refractivity contribution in [3.05, 3.63) is 0 Å². The molecule has 0 aliphatic heterocycles. The zero-order chi connectivity index (χ0) is 8.36. The zero-order valence-electron chi connectivity index (χ0n) is 6.77. The van der Waals surface area contributed by atoms with Gasteiger partial charge >= 0.3 is 0 Å². The van der Waals surface area contributed by atoms with Gasteiger partial charge in [-0.05, 0) is 32.4 Å². The first-order chi connectivity index (χ1) is 4.42. The molecule has 0 heterocycles. The molecule has 2 nitrogen and oxygen atoms in total. The normalized spacial score (nSPS) is 14.9. The van der Waals surface area contributed by atoms with Crippen molar-refractivity contribution in [2.45, 2.75) is 26.9 Å². The fourth-order valence-electron chi connectivity index (χ4n) is 0.454. The lowest BCUT2D eigenvalue weighted by molar-refractivity contribution is -0.125. The minimum Gasteiger partial charge on any atom is -0.381 e. The second kappa shape index (κ2) is 3.35. The minimum absolute atomic E-state index is 0.141. The first-order valence-corrected chi connectivity index (χ1v) is 3.53. The third kappa shape index (κ3) is 1.96. The van der Waals surface area contributed by atoms with E-state index in [9.17, 15) is 4.79 Å². The van der Waals surface area contributed by atoms with Gasteiger partial charge in [-0.25, -0.2) is 0 Å². The molecule has 0 saturated heterocycles. The SMILES string of the molecule is COC(C)C(C)(C)C(=O)Cl. The highest BCUT2D eigenvalue weighted by atomic mass is 35.5. The summed E-state index contributed by atoms with van der Waals surface area (Å²) in [5.41, 5.74) is -0.587. The summed E-state index contributed by atoms with van der Waals surface area (Å²) in [6.07, 6.45) is -0.141. The van der Waals surface area contributed by atoms with E-state index in [1.54, 1.807) is 21.0 Å². The number of halogens is 1. The van der Waals surface area contributed by atoms with Gasteiger partial charge in [0.25, 0.3) is 0 Å². The van der Waals surface area contributed by atoms with Crippen LogP contribution in [-0.4, -0.2) is 18.5 Å². The lowest BCUT2D eigenvalue weighted by Gasteiger charge is -2.25. The zero-order valence-corrected chi connectivity index (χ0v) is 7.53. The minimum atomic E-state index is -0.587. The summed E-state index contributed by atoms with van der Waals surface area (Å²) in [5.74, 6) is 0. The number of carbonyl (C=O) groups excluding carboxylic acids is 1. The summed E-state index contributed by atoms with van der Waals surface area (Å²) < 4.78 is 4.97. The van der Waals surface area contributed by atoms with Crippen LogP contribution in [0.4, 0.5) is 0 Å². The molecule has 0 aromatic heterocycles. The second-order valence-corrected chi connectivity index (χ2v) is 3.22. The fourth-order valence-corrected chi connectivity index (χ4v) is 0.608. The van der Waals surface area contributed by atoms with Crippen molar-refractivity contribution in [3.8, 4) is 0 Å². The highest BCUT2D eigenvalue weighted by Gasteiger charge is 2.32. The Balaban J connectivity index is 4.23. The molecule has 0 rings (SSSR count). The van der Waals surface area contributed by atoms with E-state index < -0.39 is 5.41 Å². The number of carbonyl (C=O) groups is 1. The van der Waals surface area contributed by atoms with E-state index in [4.69, 9.17) is 16.3 Å². The Morgan fingerprint density at radius 1 is 1.60 bits per heavy atom. The molecule has 60 valence electrons. The van der Waals surface area contributed by atoms with Gasteiger partial charge in [-0.3, -0.25) is 4.79 Å². The molecular formula is C7H13ClO2. The lowest BCUT2D eigenvalue weighted by atomic mass is 9.89. The third-order valence-electron chi connectivity index (χ3n) is 1.88. The molecule has 0 N–H and O–H groups in total. The van der Waals surface area contributed by atoms with E-state index in [0.717, 1.165) is 0 Å². The van der Waals surface area contributed by atoms with Gasteiger partial charge in [-0.15, -0.1) is 0 Å². The van der Waals surface area contributed by atoms with Crippen LogP contribution in [0.2, 0.25) is 0 Å². The average molecular weight is 165 g/mol. The number of methoxy groups -OCH3 is 1. The van der Waals surface area contributed by atoms with Crippen LogP contribution in [0.5, 0.6) is 0 Å². The van der Waals surface area contributed by atoms with E-state index in [2.05, 4.69) is 0 Å². The summed E-state index contributed by atoms with van der Waals surface area (Å²) in [4.78, 5) is 10.8. The van der Waals surface area contributed by atoms with Gasteiger partial charge < -0.3 is 4.74 Å².